The summed E-state index contributed by atoms with van der Waals surface area (Å²) in [5.41, 5.74) is -0.674. The van der Waals surface area contributed by atoms with E-state index in [1.165, 1.54) is 6.20 Å². The number of carboxylic acid groups (broad SMARTS) is 1. The molecule has 1 aromatic heterocycles. The van der Waals surface area contributed by atoms with Crippen LogP contribution < -0.4 is 5.32 Å². The van der Waals surface area contributed by atoms with Crippen molar-refractivity contribution in [2.45, 2.75) is 24.8 Å². The highest BCUT2D eigenvalue weighted by Crippen LogP contribution is 2.32. The molecule has 1 fully saturated rings. The quantitative estimate of drug-likeness (QED) is 0.831. The number of hydrogen-bond acceptors (Lipinski definition) is 3. The third-order valence-corrected chi connectivity index (χ3v) is 3.39. The average Bonchev–Trinajstić information content (AvgIpc) is 2.22. The van der Waals surface area contributed by atoms with Gasteiger partial charge in [-0.2, -0.15) is 0 Å². The number of aliphatic carboxylic acids is 1. The Kier molecular flexibility index (Phi) is 3.15. The fraction of sp³-hybridized carbons (Fsp3) is 0.364. The maximum absolute atomic E-state index is 11.9. The molecular formula is C11H11BrN2O3. The molecule has 2 N–H and O–H groups in total. The van der Waals surface area contributed by atoms with Gasteiger partial charge in [0.25, 0.3) is 5.91 Å². The van der Waals surface area contributed by atoms with Crippen molar-refractivity contribution in [2.24, 2.45) is 0 Å². The Morgan fingerprint density at radius 2 is 2.18 bits per heavy atom. The van der Waals surface area contributed by atoms with E-state index in [9.17, 15) is 9.59 Å². The van der Waals surface area contributed by atoms with Gasteiger partial charge in [0.15, 0.2) is 0 Å². The molecule has 1 saturated carbocycles. The fourth-order valence-corrected chi connectivity index (χ4v) is 2.12. The van der Waals surface area contributed by atoms with Gasteiger partial charge in [-0.05, 0) is 47.3 Å². The summed E-state index contributed by atoms with van der Waals surface area (Å²) in [6.45, 7) is 0. The van der Waals surface area contributed by atoms with Crippen molar-refractivity contribution in [3.8, 4) is 0 Å². The van der Waals surface area contributed by atoms with E-state index in [4.69, 9.17) is 5.11 Å². The van der Waals surface area contributed by atoms with Gasteiger partial charge in [0.1, 0.15) is 10.1 Å². The Hall–Kier alpha value is -1.43. The molecule has 0 aliphatic heterocycles. The minimum absolute atomic E-state index is 0.379. The van der Waals surface area contributed by atoms with Crippen LogP contribution >= 0.6 is 15.9 Å². The first-order valence-electron chi connectivity index (χ1n) is 5.21. The predicted octanol–water partition coefficient (Wildman–Crippen LogP) is 1.58. The second-order valence-corrected chi connectivity index (χ2v) is 4.87. The van der Waals surface area contributed by atoms with Crippen molar-refractivity contribution in [1.29, 1.82) is 0 Å². The Bertz CT molecular complexity index is 472. The summed E-state index contributed by atoms with van der Waals surface area (Å²) in [5.74, 6) is -1.35. The molecule has 0 bridgehead atoms. The number of pyridine rings is 1. The minimum Gasteiger partial charge on any atom is -0.480 e. The third kappa shape index (κ3) is 2.31. The first kappa shape index (κ1) is 12.0. The van der Waals surface area contributed by atoms with E-state index < -0.39 is 11.5 Å². The number of carbonyl (C=O) groups is 2. The van der Waals surface area contributed by atoms with Crippen molar-refractivity contribution in [3.63, 3.8) is 0 Å². The first-order chi connectivity index (χ1) is 8.03. The second-order valence-electron chi connectivity index (χ2n) is 4.06. The smallest absolute Gasteiger partial charge is 0.329 e. The summed E-state index contributed by atoms with van der Waals surface area (Å²) in [7, 11) is 0. The van der Waals surface area contributed by atoms with Gasteiger partial charge >= 0.3 is 5.97 Å². The molecule has 6 heteroatoms. The predicted molar refractivity (Wildman–Crippen MR) is 63.6 cm³/mol. The Morgan fingerprint density at radius 1 is 1.47 bits per heavy atom. The van der Waals surface area contributed by atoms with Crippen molar-refractivity contribution in [2.75, 3.05) is 0 Å². The highest BCUT2D eigenvalue weighted by molar-refractivity contribution is 9.10. The number of halogens is 1. The van der Waals surface area contributed by atoms with Crippen LogP contribution in [0.4, 0.5) is 0 Å². The molecule has 1 heterocycles. The van der Waals surface area contributed by atoms with Gasteiger partial charge in [-0.1, -0.05) is 0 Å². The number of nitrogens with one attached hydrogen (secondary N) is 1. The van der Waals surface area contributed by atoms with E-state index in [1.807, 2.05) is 0 Å². The summed E-state index contributed by atoms with van der Waals surface area (Å²) in [6.07, 6.45) is 3.29. The SMILES string of the molecule is O=C(NC1(C(=O)O)CCC1)c1ccnc(Br)c1. The average molecular weight is 299 g/mol. The molecule has 1 aliphatic rings. The fourth-order valence-electron chi connectivity index (χ4n) is 1.76. The number of carbonyl (C=O) groups excluding carboxylic acids is 1. The van der Waals surface area contributed by atoms with Crippen LogP contribution in [0.15, 0.2) is 22.9 Å². The lowest BCUT2D eigenvalue weighted by molar-refractivity contribution is -0.148. The lowest BCUT2D eigenvalue weighted by Gasteiger charge is -2.38. The molecule has 0 radical (unpaired) electrons. The van der Waals surface area contributed by atoms with Crippen LogP contribution in [0.3, 0.4) is 0 Å². The molecule has 90 valence electrons. The van der Waals surface area contributed by atoms with Gasteiger partial charge in [-0.3, -0.25) is 4.79 Å². The van der Waals surface area contributed by atoms with Crippen LogP contribution in [0.1, 0.15) is 29.6 Å². The van der Waals surface area contributed by atoms with Crippen LogP contribution in [0.5, 0.6) is 0 Å². The molecule has 0 unspecified atom stereocenters. The molecule has 0 spiro atoms. The Balaban J connectivity index is 2.14. The maximum atomic E-state index is 11.9. The lowest BCUT2D eigenvalue weighted by atomic mass is 9.76. The van der Waals surface area contributed by atoms with E-state index >= 15 is 0 Å². The van der Waals surface area contributed by atoms with Crippen LogP contribution in [-0.4, -0.2) is 27.5 Å². The van der Waals surface area contributed by atoms with E-state index in [0.29, 0.717) is 23.0 Å². The Labute approximate surface area is 106 Å². The van der Waals surface area contributed by atoms with Crippen molar-refractivity contribution in [3.05, 3.63) is 28.5 Å². The van der Waals surface area contributed by atoms with Crippen LogP contribution in [-0.2, 0) is 4.79 Å². The largest absolute Gasteiger partial charge is 0.480 e. The first-order valence-corrected chi connectivity index (χ1v) is 6.00. The molecule has 5 nitrogen and oxygen atoms in total. The van der Waals surface area contributed by atoms with E-state index in [1.54, 1.807) is 12.1 Å². The molecule has 0 aromatic carbocycles. The van der Waals surface area contributed by atoms with Gasteiger partial charge in [-0.25, -0.2) is 9.78 Å². The molecule has 0 atom stereocenters. The van der Waals surface area contributed by atoms with Gasteiger partial charge < -0.3 is 10.4 Å². The third-order valence-electron chi connectivity index (χ3n) is 2.96. The highest BCUT2D eigenvalue weighted by atomic mass is 79.9. The summed E-state index contributed by atoms with van der Waals surface area (Å²) in [5, 5.41) is 11.7. The van der Waals surface area contributed by atoms with Gasteiger partial charge in [0.2, 0.25) is 0 Å². The van der Waals surface area contributed by atoms with Crippen LogP contribution in [0, 0.1) is 0 Å². The van der Waals surface area contributed by atoms with E-state index in [-0.39, 0.29) is 5.91 Å². The monoisotopic (exact) mass is 298 g/mol. The van der Waals surface area contributed by atoms with Crippen LogP contribution in [0.2, 0.25) is 0 Å². The second kappa shape index (κ2) is 4.44. The zero-order chi connectivity index (χ0) is 12.5. The van der Waals surface area contributed by atoms with E-state index in [0.717, 1.165) is 6.42 Å². The van der Waals surface area contributed by atoms with Gasteiger partial charge in [0.05, 0.1) is 0 Å². The van der Waals surface area contributed by atoms with Gasteiger partial charge in [0, 0.05) is 11.8 Å². The number of rotatable bonds is 3. The highest BCUT2D eigenvalue weighted by Gasteiger charge is 2.45. The van der Waals surface area contributed by atoms with E-state index in [2.05, 4.69) is 26.2 Å². The Morgan fingerprint density at radius 3 is 2.65 bits per heavy atom. The summed E-state index contributed by atoms with van der Waals surface area (Å²) in [4.78, 5) is 26.9. The molecule has 0 saturated heterocycles. The number of amides is 1. The molecular weight excluding hydrogens is 288 g/mol. The number of hydrogen-bond donors (Lipinski definition) is 2. The number of carboxylic acids is 1. The molecule has 2 rings (SSSR count). The van der Waals surface area contributed by atoms with Crippen LogP contribution in [0.25, 0.3) is 0 Å². The topological polar surface area (TPSA) is 79.3 Å². The zero-order valence-electron chi connectivity index (χ0n) is 8.94. The van der Waals surface area contributed by atoms with Crippen molar-refractivity contribution in [1.82, 2.24) is 10.3 Å². The summed E-state index contributed by atoms with van der Waals surface area (Å²) < 4.78 is 0.545. The normalized spacial score (nSPS) is 17.0. The molecule has 1 amide bonds. The minimum atomic E-state index is -1.08. The zero-order valence-corrected chi connectivity index (χ0v) is 10.5. The van der Waals surface area contributed by atoms with Crippen molar-refractivity contribution >= 4 is 27.8 Å². The lowest BCUT2D eigenvalue weighted by Crippen LogP contribution is -2.59. The van der Waals surface area contributed by atoms with Gasteiger partial charge in [-0.15, -0.1) is 0 Å². The molecule has 1 aromatic rings. The van der Waals surface area contributed by atoms with Crippen molar-refractivity contribution < 1.29 is 14.7 Å². The standard InChI is InChI=1S/C11H11BrN2O3/c12-8-6-7(2-5-13-8)9(15)14-11(10(16)17)3-1-4-11/h2,5-6H,1,3-4H2,(H,14,15)(H,16,17). The number of nitrogens with zero attached hydrogens (tertiary/aromatic N) is 1. The summed E-state index contributed by atoms with van der Waals surface area (Å²) in [6, 6.07) is 3.11. The summed E-state index contributed by atoms with van der Waals surface area (Å²) >= 11 is 3.16. The molecule has 17 heavy (non-hydrogen) atoms. The maximum Gasteiger partial charge on any atom is 0.329 e. The number of aromatic nitrogens is 1. The molecule has 1 aliphatic carbocycles.